The van der Waals surface area contributed by atoms with E-state index in [9.17, 15) is 9.90 Å². The van der Waals surface area contributed by atoms with E-state index in [-0.39, 0.29) is 12.6 Å². The standard InChI is InChI=1S/C17H18Cl2N4O3/c1-9(12-4-3-11(18)7-13(12)19)21-16-20-6-5-15(22-16)23-14(10(2)24)8-26-17(23)25/h3-7,9-10,14,24H,8H2,1-2H3,(H,20,21,22)/t9-,10+,14+/m0/s1. The Morgan fingerprint density at radius 3 is 2.81 bits per heavy atom. The molecule has 1 aliphatic heterocycles. The zero-order valence-corrected chi connectivity index (χ0v) is 15.7. The van der Waals surface area contributed by atoms with Gasteiger partial charge in [0.05, 0.1) is 12.1 Å². The number of nitrogens with zero attached hydrogens (tertiary/aromatic N) is 3. The van der Waals surface area contributed by atoms with Crippen molar-refractivity contribution in [2.45, 2.75) is 32.0 Å². The Hall–Kier alpha value is -2.09. The molecule has 2 heterocycles. The zero-order chi connectivity index (χ0) is 18.8. The van der Waals surface area contributed by atoms with Crippen LogP contribution < -0.4 is 10.2 Å². The molecule has 1 saturated heterocycles. The van der Waals surface area contributed by atoms with Crippen LogP contribution in [0.3, 0.4) is 0 Å². The maximum atomic E-state index is 12.0. The van der Waals surface area contributed by atoms with Crippen LogP contribution in [0.25, 0.3) is 0 Å². The molecule has 3 atom stereocenters. The molecular weight excluding hydrogens is 379 g/mol. The summed E-state index contributed by atoms with van der Waals surface area (Å²) in [4.78, 5) is 21.9. The van der Waals surface area contributed by atoms with Crippen LogP contribution in [0, 0.1) is 0 Å². The lowest BCUT2D eigenvalue weighted by Gasteiger charge is -2.23. The Morgan fingerprint density at radius 2 is 2.12 bits per heavy atom. The van der Waals surface area contributed by atoms with E-state index in [0.717, 1.165) is 5.56 Å². The van der Waals surface area contributed by atoms with Crippen LogP contribution in [0.4, 0.5) is 16.6 Å². The van der Waals surface area contributed by atoms with Gasteiger partial charge in [0.15, 0.2) is 0 Å². The minimum atomic E-state index is -0.750. The number of carbonyl (C=O) groups excluding carboxylic acids is 1. The molecule has 0 bridgehead atoms. The summed E-state index contributed by atoms with van der Waals surface area (Å²) in [5.74, 6) is 0.676. The van der Waals surface area contributed by atoms with E-state index in [1.54, 1.807) is 25.1 Å². The molecule has 7 nitrogen and oxygen atoms in total. The van der Waals surface area contributed by atoms with Crippen molar-refractivity contribution in [3.8, 4) is 0 Å². The molecule has 0 aliphatic carbocycles. The lowest BCUT2D eigenvalue weighted by molar-refractivity contribution is 0.142. The van der Waals surface area contributed by atoms with Crippen molar-refractivity contribution in [1.82, 2.24) is 9.97 Å². The predicted octanol–water partition coefficient (Wildman–Crippen LogP) is 3.66. The molecular formula is C17H18Cl2N4O3. The number of amides is 1. The van der Waals surface area contributed by atoms with Crippen molar-refractivity contribution >= 4 is 41.1 Å². The summed E-state index contributed by atoms with van der Waals surface area (Å²) in [5, 5.41) is 14.1. The second-order valence-corrected chi connectivity index (χ2v) is 6.87. The fourth-order valence-electron chi connectivity index (χ4n) is 2.73. The van der Waals surface area contributed by atoms with Crippen LogP contribution >= 0.6 is 23.2 Å². The number of aliphatic hydroxyl groups is 1. The first kappa shape index (κ1) is 18.7. The highest BCUT2D eigenvalue weighted by Crippen LogP contribution is 2.29. The van der Waals surface area contributed by atoms with E-state index < -0.39 is 18.2 Å². The number of carbonyl (C=O) groups is 1. The van der Waals surface area contributed by atoms with Crippen molar-refractivity contribution in [3.63, 3.8) is 0 Å². The topological polar surface area (TPSA) is 87.6 Å². The SMILES string of the molecule is C[C@H](Nc1nccc(N2C(=O)OC[C@@H]2[C@@H](C)O)n1)c1ccc(Cl)cc1Cl. The van der Waals surface area contributed by atoms with Crippen molar-refractivity contribution in [2.24, 2.45) is 0 Å². The van der Waals surface area contributed by atoms with E-state index in [1.807, 2.05) is 13.0 Å². The fourth-order valence-corrected chi connectivity index (χ4v) is 3.30. The molecule has 0 radical (unpaired) electrons. The van der Waals surface area contributed by atoms with Gasteiger partial charge in [0.2, 0.25) is 5.95 Å². The molecule has 1 aromatic carbocycles. The number of anilines is 2. The monoisotopic (exact) mass is 396 g/mol. The molecule has 3 rings (SSSR count). The Morgan fingerprint density at radius 1 is 1.35 bits per heavy atom. The average molecular weight is 397 g/mol. The van der Waals surface area contributed by atoms with Gasteiger partial charge in [0.25, 0.3) is 0 Å². The van der Waals surface area contributed by atoms with Gasteiger partial charge in [-0.1, -0.05) is 29.3 Å². The number of aromatic nitrogens is 2. The molecule has 9 heteroatoms. The number of cyclic esters (lactones) is 1. The summed E-state index contributed by atoms with van der Waals surface area (Å²) in [5.41, 5.74) is 0.840. The third-order valence-electron chi connectivity index (χ3n) is 4.13. The number of ether oxygens (including phenoxy) is 1. The molecule has 0 saturated carbocycles. The normalized spacial score (nSPS) is 19.2. The summed E-state index contributed by atoms with van der Waals surface area (Å²) in [6.07, 6.45) is 0.236. The van der Waals surface area contributed by atoms with Gasteiger partial charge in [0, 0.05) is 16.2 Å². The van der Waals surface area contributed by atoms with Crippen LogP contribution in [0.5, 0.6) is 0 Å². The molecule has 1 fully saturated rings. The number of nitrogens with one attached hydrogen (secondary N) is 1. The Kier molecular flexibility index (Phi) is 5.50. The van der Waals surface area contributed by atoms with Gasteiger partial charge in [-0.2, -0.15) is 4.98 Å². The number of hydrogen-bond donors (Lipinski definition) is 2. The van der Waals surface area contributed by atoms with Crippen LogP contribution in [0.1, 0.15) is 25.5 Å². The van der Waals surface area contributed by atoms with Crippen molar-refractivity contribution in [1.29, 1.82) is 0 Å². The fraction of sp³-hybridized carbons (Fsp3) is 0.353. The van der Waals surface area contributed by atoms with Crippen LogP contribution in [-0.2, 0) is 4.74 Å². The van der Waals surface area contributed by atoms with E-state index in [0.29, 0.717) is 21.8 Å². The summed E-state index contributed by atoms with van der Waals surface area (Å²) >= 11 is 12.2. The molecule has 2 aromatic rings. The summed E-state index contributed by atoms with van der Waals surface area (Å²) < 4.78 is 5.03. The maximum absolute atomic E-state index is 12.0. The number of benzene rings is 1. The average Bonchev–Trinajstić information content (AvgIpc) is 2.97. The van der Waals surface area contributed by atoms with Gasteiger partial charge in [-0.3, -0.25) is 4.90 Å². The van der Waals surface area contributed by atoms with E-state index in [4.69, 9.17) is 27.9 Å². The maximum Gasteiger partial charge on any atom is 0.416 e. The quantitative estimate of drug-likeness (QED) is 0.801. The number of rotatable bonds is 5. The summed E-state index contributed by atoms with van der Waals surface area (Å²) in [6.45, 7) is 3.62. The minimum absolute atomic E-state index is 0.111. The van der Waals surface area contributed by atoms with Gasteiger partial charge >= 0.3 is 6.09 Å². The van der Waals surface area contributed by atoms with Crippen molar-refractivity contribution in [2.75, 3.05) is 16.8 Å². The van der Waals surface area contributed by atoms with Crippen molar-refractivity contribution in [3.05, 3.63) is 46.1 Å². The smallest absolute Gasteiger partial charge is 0.416 e. The van der Waals surface area contributed by atoms with Crippen LogP contribution in [-0.4, -0.2) is 39.9 Å². The van der Waals surface area contributed by atoms with E-state index in [2.05, 4.69) is 15.3 Å². The molecule has 1 aliphatic rings. The number of halogens is 2. The third kappa shape index (κ3) is 3.85. The van der Waals surface area contributed by atoms with E-state index in [1.165, 1.54) is 11.1 Å². The Bertz CT molecular complexity index is 818. The molecule has 2 N–H and O–H groups in total. The lowest BCUT2D eigenvalue weighted by atomic mass is 10.1. The highest BCUT2D eigenvalue weighted by atomic mass is 35.5. The number of aliphatic hydroxyl groups excluding tert-OH is 1. The lowest BCUT2D eigenvalue weighted by Crippen LogP contribution is -2.41. The van der Waals surface area contributed by atoms with Gasteiger partial charge in [-0.15, -0.1) is 0 Å². The molecule has 26 heavy (non-hydrogen) atoms. The van der Waals surface area contributed by atoms with Gasteiger partial charge in [0.1, 0.15) is 18.5 Å². The molecule has 0 spiro atoms. The first-order chi connectivity index (χ1) is 12.4. The van der Waals surface area contributed by atoms with E-state index >= 15 is 0 Å². The molecule has 0 unspecified atom stereocenters. The summed E-state index contributed by atoms with van der Waals surface area (Å²) in [7, 11) is 0. The highest BCUT2D eigenvalue weighted by molar-refractivity contribution is 6.35. The Labute approximate surface area is 160 Å². The third-order valence-corrected chi connectivity index (χ3v) is 4.69. The summed E-state index contributed by atoms with van der Waals surface area (Å²) in [6, 6.07) is 6.16. The van der Waals surface area contributed by atoms with Crippen molar-refractivity contribution < 1.29 is 14.6 Å². The zero-order valence-electron chi connectivity index (χ0n) is 14.2. The molecule has 1 amide bonds. The second kappa shape index (κ2) is 7.65. The van der Waals surface area contributed by atoms with Gasteiger partial charge in [-0.05, 0) is 37.6 Å². The van der Waals surface area contributed by atoms with Gasteiger partial charge in [-0.25, -0.2) is 9.78 Å². The first-order valence-electron chi connectivity index (χ1n) is 8.05. The largest absolute Gasteiger partial charge is 0.447 e. The minimum Gasteiger partial charge on any atom is -0.447 e. The predicted molar refractivity (Wildman–Crippen MR) is 99.8 cm³/mol. The number of hydrogen-bond acceptors (Lipinski definition) is 6. The first-order valence-corrected chi connectivity index (χ1v) is 8.81. The van der Waals surface area contributed by atoms with Crippen LogP contribution in [0.15, 0.2) is 30.5 Å². The second-order valence-electron chi connectivity index (χ2n) is 6.03. The van der Waals surface area contributed by atoms with Gasteiger partial charge < -0.3 is 15.2 Å². The molecule has 1 aromatic heterocycles. The Balaban J connectivity index is 1.82. The molecule has 138 valence electrons. The van der Waals surface area contributed by atoms with Crippen LogP contribution in [0.2, 0.25) is 10.0 Å². The highest BCUT2D eigenvalue weighted by Gasteiger charge is 2.38.